The Bertz CT molecular complexity index is 809. The van der Waals surface area contributed by atoms with Gasteiger partial charge in [-0.15, -0.1) is 0 Å². The van der Waals surface area contributed by atoms with Crippen LogP contribution in [0.5, 0.6) is 0 Å². The Labute approximate surface area is 148 Å². The van der Waals surface area contributed by atoms with E-state index in [9.17, 15) is 19.7 Å². The van der Waals surface area contributed by atoms with Crippen molar-refractivity contribution in [3.63, 3.8) is 0 Å². The van der Waals surface area contributed by atoms with Crippen molar-refractivity contribution >= 4 is 29.2 Å². The molecular weight excluding hydrogens is 348 g/mol. The van der Waals surface area contributed by atoms with Gasteiger partial charge in [0.25, 0.3) is 11.6 Å². The van der Waals surface area contributed by atoms with Gasteiger partial charge in [-0.3, -0.25) is 14.9 Å². The highest BCUT2D eigenvalue weighted by atomic mass is 35.5. The molecule has 0 aromatic heterocycles. The molecule has 0 unspecified atom stereocenters. The van der Waals surface area contributed by atoms with Crippen LogP contribution in [-0.2, 0) is 9.53 Å². The fourth-order valence-corrected chi connectivity index (χ4v) is 2.45. The lowest BCUT2D eigenvalue weighted by Crippen LogP contribution is -2.31. The van der Waals surface area contributed by atoms with Crippen molar-refractivity contribution in [2.75, 3.05) is 6.61 Å². The molecule has 2 rings (SSSR count). The topological polar surface area (TPSA) is 98.5 Å². The number of nitrogens with zero attached hydrogens (tertiary/aromatic N) is 1. The number of carbonyl (C=O) groups excluding carboxylic acids is 2. The molecule has 0 bridgehead atoms. The van der Waals surface area contributed by atoms with E-state index in [0.29, 0.717) is 5.02 Å². The van der Waals surface area contributed by atoms with Crippen LogP contribution in [0, 0.1) is 10.1 Å². The molecule has 1 amide bonds. The number of hydrogen-bond acceptors (Lipinski definition) is 5. The number of amides is 1. The van der Waals surface area contributed by atoms with E-state index < -0.39 is 23.4 Å². The summed E-state index contributed by atoms with van der Waals surface area (Å²) in [7, 11) is 0. The second kappa shape index (κ2) is 8.25. The predicted molar refractivity (Wildman–Crippen MR) is 91.4 cm³/mol. The number of non-ortho nitro benzene ring substituents is 1. The molecule has 7 nitrogen and oxygen atoms in total. The molecule has 0 aliphatic heterocycles. The molecule has 0 radical (unpaired) electrons. The average molecular weight is 363 g/mol. The molecule has 0 aliphatic carbocycles. The highest BCUT2D eigenvalue weighted by Gasteiger charge is 2.16. The zero-order valence-electron chi connectivity index (χ0n) is 13.3. The number of nitro benzene ring substituents is 1. The van der Waals surface area contributed by atoms with Crippen LogP contribution in [-0.4, -0.2) is 23.4 Å². The van der Waals surface area contributed by atoms with Crippen molar-refractivity contribution in [1.29, 1.82) is 0 Å². The zero-order chi connectivity index (χ0) is 18.4. The van der Waals surface area contributed by atoms with Crippen LogP contribution in [0.3, 0.4) is 0 Å². The maximum atomic E-state index is 11.9. The lowest BCUT2D eigenvalue weighted by Gasteiger charge is -2.15. The van der Waals surface area contributed by atoms with Gasteiger partial charge in [0.05, 0.1) is 16.5 Å². The standard InChI is InChI=1S/C17H15ClN2O5/c1-11(14-7-2-3-8-15(14)18)19-16(21)10-25-17(22)12-5-4-6-13(9-12)20(23)24/h2-9,11H,10H2,1H3,(H,19,21)/t11-/m1/s1. The highest BCUT2D eigenvalue weighted by Crippen LogP contribution is 2.22. The van der Waals surface area contributed by atoms with Crippen molar-refractivity contribution < 1.29 is 19.2 Å². The third-order valence-electron chi connectivity index (χ3n) is 3.38. The van der Waals surface area contributed by atoms with Crippen LogP contribution in [0.2, 0.25) is 5.02 Å². The van der Waals surface area contributed by atoms with Gasteiger partial charge in [0.2, 0.25) is 0 Å². The van der Waals surface area contributed by atoms with Gasteiger partial charge in [-0.2, -0.15) is 0 Å². The summed E-state index contributed by atoms with van der Waals surface area (Å²) in [6.45, 7) is 1.25. The summed E-state index contributed by atoms with van der Waals surface area (Å²) in [5, 5.41) is 13.9. The number of esters is 1. The van der Waals surface area contributed by atoms with Crippen molar-refractivity contribution in [3.05, 3.63) is 74.8 Å². The molecule has 0 heterocycles. The molecule has 25 heavy (non-hydrogen) atoms. The molecule has 0 spiro atoms. The van der Waals surface area contributed by atoms with Gasteiger partial charge < -0.3 is 10.1 Å². The SMILES string of the molecule is C[C@@H](NC(=O)COC(=O)c1cccc([N+](=O)[O-])c1)c1ccccc1Cl. The minimum absolute atomic E-state index is 0.00107. The molecule has 2 aromatic carbocycles. The van der Waals surface area contributed by atoms with Crippen LogP contribution < -0.4 is 5.32 Å². The second-order valence-corrected chi connectivity index (χ2v) is 5.60. The Morgan fingerprint density at radius 2 is 1.96 bits per heavy atom. The summed E-state index contributed by atoms with van der Waals surface area (Å²) >= 11 is 6.06. The van der Waals surface area contributed by atoms with E-state index in [-0.39, 0.29) is 17.3 Å². The van der Waals surface area contributed by atoms with Crippen molar-refractivity contribution in [2.24, 2.45) is 0 Å². The van der Waals surface area contributed by atoms with Gasteiger partial charge >= 0.3 is 5.97 Å². The number of halogens is 1. The van der Waals surface area contributed by atoms with Crippen LogP contribution in [0.1, 0.15) is 28.9 Å². The van der Waals surface area contributed by atoms with Gasteiger partial charge in [-0.05, 0) is 24.6 Å². The maximum Gasteiger partial charge on any atom is 0.338 e. The van der Waals surface area contributed by atoms with Crippen LogP contribution in [0.4, 0.5) is 5.69 Å². The smallest absolute Gasteiger partial charge is 0.338 e. The van der Waals surface area contributed by atoms with E-state index in [4.69, 9.17) is 16.3 Å². The molecule has 0 saturated heterocycles. The van der Waals surface area contributed by atoms with E-state index in [1.165, 1.54) is 18.2 Å². The van der Waals surface area contributed by atoms with E-state index >= 15 is 0 Å². The van der Waals surface area contributed by atoms with E-state index in [0.717, 1.165) is 11.6 Å². The molecule has 1 N–H and O–H groups in total. The van der Waals surface area contributed by atoms with Gasteiger partial charge in [0.15, 0.2) is 6.61 Å². The van der Waals surface area contributed by atoms with Crippen LogP contribution in [0.25, 0.3) is 0 Å². The maximum absolute atomic E-state index is 11.9. The minimum Gasteiger partial charge on any atom is -0.452 e. The second-order valence-electron chi connectivity index (χ2n) is 5.19. The number of nitro groups is 1. The highest BCUT2D eigenvalue weighted by molar-refractivity contribution is 6.31. The Hall–Kier alpha value is -2.93. The molecule has 130 valence electrons. The van der Waals surface area contributed by atoms with Crippen molar-refractivity contribution in [3.8, 4) is 0 Å². The normalized spacial score (nSPS) is 11.4. The first-order valence-electron chi connectivity index (χ1n) is 7.34. The first-order chi connectivity index (χ1) is 11.9. The third kappa shape index (κ3) is 5.02. The van der Waals surface area contributed by atoms with Crippen molar-refractivity contribution in [2.45, 2.75) is 13.0 Å². The van der Waals surface area contributed by atoms with Gasteiger partial charge in [0, 0.05) is 17.2 Å². The molecule has 8 heteroatoms. The number of hydrogen-bond donors (Lipinski definition) is 1. The van der Waals surface area contributed by atoms with Gasteiger partial charge in [-0.1, -0.05) is 35.9 Å². The number of rotatable bonds is 6. The Morgan fingerprint density at radius 1 is 1.24 bits per heavy atom. The van der Waals surface area contributed by atoms with E-state index in [2.05, 4.69) is 5.32 Å². The molecular formula is C17H15ClN2O5. The zero-order valence-corrected chi connectivity index (χ0v) is 14.0. The predicted octanol–water partition coefficient (Wildman–Crippen LogP) is 3.28. The summed E-state index contributed by atoms with van der Waals surface area (Å²) in [5.41, 5.74) is 0.509. The van der Waals surface area contributed by atoms with E-state index in [1.807, 2.05) is 0 Å². The summed E-state index contributed by atoms with van der Waals surface area (Å²) in [6, 6.07) is 11.8. The third-order valence-corrected chi connectivity index (χ3v) is 3.72. The first-order valence-corrected chi connectivity index (χ1v) is 7.71. The Balaban J connectivity index is 1.91. The number of ether oxygens (including phenoxy) is 1. The number of nitrogens with one attached hydrogen (secondary N) is 1. The molecule has 0 fully saturated rings. The van der Waals surface area contributed by atoms with Crippen LogP contribution in [0.15, 0.2) is 48.5 Å². The summed E-state index contributed by atoms with van der Waals surface area (Å²) < 4.78 is 4.89. The summed E-state index contributed by atoms with van der Waals surface area (Å²) in [5.74, 6) is -1.32. The van der Waals surface area contributed by atoms with Gasteiger partial charge in [-0.25, -0.2) is 4.79 Å². The fraction of sp³-hybridized carbons (Fsp3) is 0.176. The van der Waals surface area contributed by atoms with Gasteiger partial charge in [0.1, 0.15) is 0 Å². The summed E-state index contributed by atoms with van der Waals surface area (Å²) in [4.78, 5) is 33.9. The quantitative estimate of drug-likeness (QED) is 0.483. The van der Waals surface area contributed by atoms with E-state index in [1.54, 1.807) is 31.2 Å². The molecule has 0 aliphatic rings. The monoisotopic (exact) mass is 362 g/mol. The molecule has 2 aromatic rings. The number of carbonyl (C=O) groups is 2. The lowest BCUT2D eigenvalue weighted by atomic mass is 10.1. The minimum atomic E-state index is -0.816. The fourth-order valence-electron chi connectivity index (χ4n) is 2.15. The molecule has 1 atom stereocenters. The summed E-state index contributed by atoms with van der Waals surface area (Å²) in [6.07, 6.45) is 0. The average Bonchev–Trinajstić information content (AvgIpc) is 2.60. The first kappa shape index (κ1) is 18.4. The Kier molecular flexibility index (Phi) is 6.08. The van der Waals surface area contributed by atoms with Crippen molar-refractivity contribution in [1.82, 2.24) is 5.32 Å². The lowest BCUT2D eigenvalue weighted by molar-refractivity contribution is -0.384. The largest absolute Gasteiger partial charge is 0.452 e. The van der Waals surface area contributed by atoms with Crippen LogP contribution >= 0.6 is 11.6 Å². The Morgan fingerprint density at radius 3 is 2.64 bits per heavy atom. The molecule has 0 saturated carbocycles. The number of benzene rings is 2.